The fourth-order valence-corrected chi connectivity index (χ4v) is 2.93. The third-order valence-corrected chi connectivity index (χ3v) is 4.06. The number of esters is 2. The molecule has 1 aromatic rings. The lowest BCUT2D eigenvalue weighted by atomic mass is 10.0. The summed E-state index contributed by atoms with van der Waals surface area (Å²) in [5, 5.41) is 7.24. The predicted octanol–water partition coefficient (Wildman–Crippen LogP) is 0.965. The summed E-state index contributed by atoms with van der Waals surface area (Å²) in [6, 6.07) is -1.04. The summed E-state index contributed by atoms with van der Waals surface area (Å²) in [6.07, 6.45) is 0. The molecule has 0 saturated heterocycles. The molecule has 2 rings (SSSR count). The average molecular weight is 369 g/mol. The Labute approximate surface area is 148 Å². The molecule has 25 heavy (non-hydrogen) atoms. The molecule has 0 saturated carbocycles. The number of aromatic nitrogens is 1. The molecular weight excluding hydrogens is 350 g/mol. The summed E-state index contributed by atoms with van der Waals surface area (Å²) < 4.78 is 15.1. The van der Waals surface area contributed by atoms with Gasteiger partial charge in [0.2, 0.25) is 0 Å². The molecule has 10 heteroatoms. The average Bonchev–Trinajstić information content (AvgIpc) is 3.01. The van der Waals surface area contributed by atoms with Crippen LogP contribution < -0.4 is 10.6 Å². The summed E-state index contributed by atoms with van der Waals surface area (Å²) in [6.45, 7) is 3.54. The van der Waals surface area contributed by atoms with Gasteiger partial charge in [0.05, 0.1) is 30.5 Å². The predicted molar refractivity (Wildman–Crippen MR) is 87.9 cm³/mol. The van der Waals surface area contributed by atoms with Crippen LogP contribution in [0.1, 0.15) is 29.3 Å². The van der Waals surface area contributed by atoms with Crippen LogP contribution in [-0.4, -0.2) is 49.3 Å². The van der Waals surface area contributed by atoms with E-state index in [9.17, 15) is 14.4 Å². The van der Waals surface area contributed by atoms with Gasteiger partial charge in [0, 0.05) is 12.5 Å². The zero-order valence-corrected chi connectivity index (χ0v) is 14.9. The zero-order valence-electron chi connectivity index (χ0n) is 14.1. The fraction of sp³-hybridized carbons (Fsp3) is 0.467. The van der Waals surface area contributed by atoms with Crippen molar-refractivity contribution in [1.29, 1.82) is 0 Å². The Kier molecular flexibility index (Phi) is 6.48. The van der Waals surface area contributed by atoms with Crippen LogP contribution in [0.2, 0.25) is 0 Å². The number of hydrogen-bond acceptors (Lipinski definition) is 8. The Bertz CT molecular complexity index is 699. The largest absolute Gasteiger partial charge is 0.463 e. The fourth-order valence-electron chi connectivity index (χ4n) is 2.20. The van der Waals surface area contributed by atoms with E-state index in [1.165, 1.54) is 18.4 Å². The molecule has 1 unspecified atom stereocenters. The van der Waals surface area contributed by atoms with Crippen molar-refractivity contribution in [3.8, 4) is 0 Å². The van der Waals surface area contributed by atoms with Crippen molar-refractivity contribution in [3.05, 3.63) is 27.4 Å². The van der Waals surface area contributed by atoms with E-state index in [0.29, 0.717) is 11.6 Å². The third kappa shape index (κ3) is 4.77. The Morgan fingerprint density at radius 3 is 2.72 bits per heavy atom. The Hall–Kier alpha value is -2.46. The highest BCUT2D eigenvalue weighted by molar-refractivity contribution is 7.09. The van der Waals surface area contributed by atoms with Crippen molar-refractivity contribution in [3.63, 3.8) is 0 Å². The highest BCUT2D eigenvalue weighted by Crippen LogP contribution is 2.16. The zero-order chi connectivity index (χ0) is 18.4. The molecule has 2 heterocycles. The standard InChI is InChI=1S/C15H19N3O6S/c1-4-23-14(20)12-8(2)16-15(21)18-9(12)5-24-13(19)10-7-25-11(17-10)6-22-3/h7-8H,4-6H2,1-3H3,(H2,16,18,21). The van der Waals surface area contributed by atoms with Crippen LogP contribution in [0.15, 0.2) is 16.7 Å². The monoisotopic (exact) mass is 369 g/mol. The smallest absolute Gasteiger partial charge is 0.358 e. The summed E-state index contributed by atoms with van der Waals surface area (Å²) in [5.41, 5.74) is 0.548. The summed E-state index contributed by atoms with van der Waals surface area (Å²) >= 11 is 1.27. The van der Waals surface area contributed by atoms with E-state index >= 15 is 0 Å². The minimum Gasteiger partial charge on any atom is -0.463 e. The number of nitrogens with zero attached hydrogens (tertiary/aromatic N) is 1. The number of nitrogens with one attached hydrogen (secondary N) is 2. The molecule has 0 fully saturated rings. The number of methoxy groups -OCH3 is 1. The van der Waals surface area contributed by atoms with Gasteiger partial charge in [-0.3, -0.25) is 0 Å². The normalized spacial score (nSPS) is 16.9. The molecule has 1 aromatic heterocycles. The first kappa shape index (κ1) is 18.9. The third-order valence-electron chi connectivity index (χ3n) is 3.24. The number of amides is 2. The number of hydrogen-bond donors (Lipinski definition) is 2. The van der Waals surface area contributed by atoms with Crippen LogP contribution in [0.3, 0.4) is 0 Å². The molecule has 1 aliphatic rings. The molecule has 2 N–H and O–H groups in total. The minimum absolute atomic E-state index is 0.142. The van der Waals surface area contributed by atoms with Gasteiger partial charge in [-0.1, -0.05) is 0 Å². The SMILES string of the molecule is CCOC(=O)C1=C(COC(=O)c2csc(COC)n2)NC(=O)NC1C. The van der Waals surface area contributed by atoms with Gasteiger partial charge in [-0.2, -0.15) is 0 Å². The second-order valence-electron chi connectivity index (χ2n) is 5.07. The number of urea groups is 1. The van der Waals surface area contributed by atoms with E-state index < -0.39 is 24.0 Å². The topological polar surface area (TPSA) is 116 Å². The number of ether oxygens (including phenoxy) is 3. The first-order valence-electron chi connectivity index (χ1n) is 7.54. The van der Waals surface area contributed by atoms with Gasteiger partial charge in [-0.15, -0.1) is 11.3 Å². The maximum Gasteiger partial charge on any atom is 0.358 e. The van der Waals surface area contributed by atoms with Crippen molar-refractivity contribution >= 4 is 29.3 Å². The number of carbonyl (C=O) groups excluding carboxylic acids is 3. The number of thiazole rings is 1. The van der Waals surface area contributed by atoms with Gasteiger partial charge in [0.25, 0.3) is 0 Å². The molecule has 0 bridgehead atoms. The van der Waals surface area contributed by atoms with Gasteiger partial charge in [0.15, 0.2) is 5.69 Å². The van der Waals surface area contributed by atoms with Crippen LogP contribution >= 0.6 is 11.3 Å². The highest BCUT2D eigenvalue weighted by Gasteiger charge is 2.30. The summed E-state index contributed by atoms with van der Waals surface area (Å²) in [7, 11) is 1.53. The summed E-state index contributed by atoms with van der Waals surface area (Å²) in [4.78, 5) is 39.9. The van der Waals surface area contributed by atoms with Crippen LogP contribution in [0.4, 0.5) is 4.79 Å². The van der Waals surface area contributed by atoms with Crippen molar-refractivity contribution in [2.24, 2.45) is 0 Å². The maximum absolute atomic E-state index is 12.1. The molecule has 1 aliphatic heterocycles. The molecular formula is C15H19N3O6S. The van der Waals surface area contributed by atoms with E-state index in [4.69, 9.17) is 14.2 Å². The van der Waals surface area contributed by atoms with Gasteiger partial charge in [0.1, 0.15) is 11.6 Å². The maximum atomic E-state index is 12.1. The summed E-state index contributed by atoms with van der Waals surface area (Å²) in [5.74, 6) is -1.24. The second-order valence-corrected chi connectivity index (χ2v) is 6.01. The molecule has 0 aliphatic carbocycles. The Morgan fingerprint density at radius 2 is 2.04 bits per heavy atom. The van der Waals surface area contributed by atoms with Gasteiger partial charge < -0.3 is 24.8 Å². The minimum atomic E-state index is -0.658. The van der Waals surface area contributed by atoms with Crippen molar-refractivity contribution in [2.75, 3.05) is 20.3 Å². The lowest BCUT2D eigenvalue weighted by Gasteiger charge is -2.26. The van der Waals surface area contributed by atoms with E-state index in [-0.39, 0.29) is 30.2 Å². The van der Waals surface area contributed by atoms with Crippen molar-refractivity contribution in [1.82, 2.24) is 15.6 Å². The van der Waals surface area contributed by atoms with Crippen LogP contribution in [0, 0.1) is 0 Å². The highest BCUT2D eigenvalue weighted by atomic mass is 32.1. The van der Waals surface area contributed by atoms with Gasteiger partial charge in [-0.05, 0) is 13.8 Å². The van der Waals surface area contributed by atoms with Crippen LogP contribution in [0.25, 0.3) is 0 Å². The van der Waals surface area contributed by atoms with E-state index in [1.807, 2.05) is 0 Å². The van der Waals surface area contributed by atoms with E-state index in [2.05, 4.69) is 15.6 Å². The number of carbonyl (C=O) groups is 3. The quantitative estimate of drug-likeness (QED) is 0.688. The molecule has 0 aromatic carbocycles. The van der Waals surface area contributed by atoms with Crippen molar-refractivity contribution in [2.45, 2.75) is 26.5 Å². The number of rotatable bonds is 7. The second kappa shape index (κ2) is 8.58. The van der Waals surface area contributed by atoms with E-state index in [1.54, 1.807) is 19.2 Å². The Morgan fingerprint density at radius 1 is 1.28 bits per heavy atom. The van der Waals surface area contributed by atoms with Gasteiger partial charge >= 0.3 is 18.0 Å². The van der Waals surface area contributed by atoms with Crippen molar-refractivity contribution < 1.29 is 28.6 Å². The molecule has 9 nitrogen and oxygen atoms in total. The first-order valence-corrected chi connectivity index (χ1v) is 8.42. The Balaban J connectivity index is 2.11. The molecule has 1 atom stereocenters. The van der Waals surface area contributed by atoms with Gasteiger partial charge in [-0.25, -0.2) is 19.4 Å². The first-order chi connectivity index (χ1) is 12.0. The lowest BCUT2D eigenvalue weighted by molar-refractivity contribution is -0.139. The van der Waals surface area contributed by atoms with Crippen LogP contribution in [-0.2, 0) is 25.6 Å². The van der Waals surface area contributed by atoms with Crippen LogP contribution in [0.5, 0.6) is 0 Å². The molecule has 136 valence electrons. The molecule has 0 spiro atoms. The van der Waals surface area contributed by atoms with E-state index in [0.717, 1.165) is 0 Å². The molecule has 2 amide bonds. The molecule has 0 radical (unpaired) electrons. The lowest BCUT2D eigenvalue weighted by Crippen LogP contribution is -2.50.